The highest BCUT2D eigenvalue weighted by molar-refractivity contribution is 7.86. The van der Waals surface area contributed by atoms with Crippen molar-refractivity contribution in [3.63, 3.8) is 0 Å². The van der Waals surface area contributed by atoms with Gasteiger partial charge in [0.05, 0.1) is 12.7 Å². The number of β-amino-alcohol motifs (C(OH)–C–C–N with tert-alkyl or cyclic N) is 1. The van der Waals surface area contributed by atoms with Crippen molar-refractivity contribution < 1.29 is 23.2 Å². The van der Waals surface area contributed by atoms with Crippen molar-refractivity contribution >= 4 is 10.1 Å². The highest BCUT2D eigenvalue weighted by Crippen LogP contribution is 2.14. The van der Waals surface area contributed by atoms with Crippen LogP contribution >= 0.6 is 0 Å². The van der Waals surface area contributed by atoms with E-state index in [1.807, 2.05) is 4.90 Å². The van der Waals surface area contributed by atoms with Gasteiger partial charge in [0.2, 0.25) is 0 Å². The fraction of sp³-hybridized carbons (Fsp3) is 1.00. The second-order valence-corrected chi connectivity index (χ2v) is 5.76. The minimum Gasteiger partial charge on any atom is -0.395 e. The van der Waals surface area contributed by atoms with Gasteiger partial charge in [-0.2, -0.15) is 8.42 Å². The zero-order valence-electron chi connectivity index (χ0n) is 9.86. The number of rotatable bonds is 5. The van der Waals surface area contributed by atoms with Crippen LogP contribution < -0.4 is 0 Å². The molecule has 1 saturated heterocycles. The van der Waals surface area contributed by atoms with E-state index >= 15 is 0 Å². The summed E-state index contributed by atoms with van der Waals surface area (Å²) < 4.78 is 31.4. The first-order valence-electron chi connectivity index (χ1n) is 5.58. The van der Waals surface area contributed by atoms with E-state index in [0.29, 0.717) is 32.7 Å². The third kappa shape index (κ3) is 4.16. The molecule has 0 amide bonds. The minimum absolute atomic E-state index is 0.0676. The van der Waals surface area contributed by atoms with Crippen LogP contribution in [0, 0.1) is 0 Å². The van der Waals surface area contributed by atoms with Gasteiger partial charge in [-0.1, -0.05) is 0 Å². The fourth-order valence-electron chi connectivity index (χ4n) is 2.13. The second-order valence-electron chi connectivity index (χ2n) is 4.25. The molecule has 0 spiro atoms. The summed E-state index contributed by atoms with van der Waals surface area (Å²) in [5.74, 6) is 0. The lowest BCUT2D eigenvalue weighted by Gasteiger charge is -2.38. The molecule has 0 aromatic heterocycles. The Morgan fingerprint density at radius 3 is 2.12 bits per heavy atom. The average Bonchev–Trinajstić information content (AvgIpc) is 2.18. The Morgan fingerprint density at radius 1 is 1.24 bits per heavy atom. The summed E-state index contributed by atoms with van der Waals surface area (Å²) in [5.41, 5.74) is 0. The molecule has 1 aliphatic rings. The predicted molar refractivity (Wildman–Crippen MR) is 62.1 cm³/mol. The van der Waals surface area contributed by atoms with Crippen LogP contribution in [0.4, 0.5) is 0 Å². The van der Waals surface area contributed by atoms with Crippen LogP contribution in [0.25, 0.3) is 0 Å². The van der Waals surface area contributed by atoms with Gasteiger partial charge in [0.15, 0.2) is 5.37 Å². The molecule has 2 atom stereocenters. The van der Waals surface area contributed by atoms with E-state index in [-0.39, 0.29) is 6.61 Å². The largest absolute Gasteiger partial charge is 0.395 e. The van der Waals surface area contributed by atoms with Gasteiger partial charge >= 0.3 is 0 Å². The molecule has 0 saturated carbocycles. The number of aliphatic hydroxyl groups excluding tert-OH is 2. The van der Waals surface area contributed by atoms with Gasteiger partial charge in [-0.15, -0.1) is 0 Å². The summed E-state index contributed by atoms with van der Waals surface area (Å²) in [4.78, 5) is 3.55. The van der Waals surface area contributed by atoms with E-state index in [0.717, 1.165) is 0 Å². The van der Waals surface area contributed by atoms with E-state index in [2.05, 4.69) is 0 Å². The number of aliphatic hydroxyl groups is 2. The molecule has 102 valence electrons. The van der Waals surface area contributed by atoms with Gasteiger partial charge in [0.1, 0.15) is 0 Å². The molecular formula is C9H20N2O5S. The van der Waals surface area contributed by atoms with Crippen LogP contribution in [0.2, 0.25) is 0 Å². The predicted octanol–water partition coefficient (Wildman–Crippen LogP) is -1.81. The van der Waals surface area contributed by atoms with E-state index in [1.54, 1.807) is 4.90 Å². The molecular weight excluding hydrogens is 248 g/mol. The third-order valence-electron chi connectivity index (χ3n) is 2.90. The van der Waals surface area contributed by atoms with Crippen LogP contribution in [0.15, 0.2) is 0 Å². The first kappa shape index (κ1) is 14.8. The van der Waals surface area contributed by atoms with Crippen LogP contribution in [0.5, 0.6) is 0 Å². The molecule has 1 aliphatic heterocycles. The van der Waals surface area contributed by atoms with Crippen LogP contribution in [0.1, 0.15) is 6.92 Å². The van der Waals surface area contributed by atoms with Crippen molar-refractivity contribution in [2.24, 2.45) is 0 Å². The monoisotopic (exact) mass is 268 g/mol. The lowest BCUT2D eigenvalue weighted by Crippen LogP contribution is -2.56. The molecule has 1 rings (SSSR count). The van der Waals surface area contributed by atoms with E-state index in [1.165, 1.54) is 6.92 Å². The van der Waals surface area contributed by atoms with Crippen molar-refractivity contribution in [1.29, 1.82) is 0 Å². The lowest BCUT2D eigenvalue weighted by atomic mass is 10.2. The summed E-state index contributed by atoms with van der Waals surface area (Å²) in [7, 11) is -4.29. The first-order valence-corrected chi connectivity index (χ1v) is 7.08. The maximum Gasteiger partial charge on any atom is 0.283 e. The zero-order valence-corrected chi connectivity index (χ0v) is 10.7. The zero-order chi connectivity index (χ0) is 13.1. The van der Waals surface area contributed by atoms with Gasteiger partial charge in [0, 0.05) is 32.7 Å². The summed E-state index contributed by atoms with van der Waals surface area (Å²) >= 11 is 0. The SMILES string of the molecule is C[C@H](O)[C@H](N1CCN(CCO)CC1)S(=O)(=O)O. The number of piperazine rings is 1. The summed E-state index contributed by atoms with van der Waals surface area (Å²) in [6, 6.07) is 0. The first-order chi connectivity index (χ1) is 7.86. The van der Waals surface area contributed by atoms with Crippen LogP contribution in [-0.2, 0) is 10.1 Å². The molecule has 0 aromatic carbocycles. The maximum absolute atomic E-state index is 11.2. The van der Waals surface area contributed by atoms with E-state index in [9.17, 15) is 13.5 Å². The Kier molecular flexibility index (Phi) is 5.29. The van der Waals surface area contributed by atoms with Crippen molar-refractivity contribution in [2.75, 3.05) is 39.3 Å². The fourth-order valence-corrected chi connectivity index (χ4v) is 3.21. The molecule has 7 nitrogen and oxygen atoms in total. The molecule has 1 fully saturated rings. The van der Waals surface area contributed by atoms with Gasteiger partial charge in [-0.05, 0) is 6.92 Å². The molecule has 1 heterocycles. The Bertz CT molecular complexity index is 324. The highest BCUT2D eigenvalue weighted by Gasteiger charge is 2.35. The van der Waals surface area contributed by atoms with Crippen molar-refractivity contribution in [1.82, 2.24) is 9.80 Å². The average molecular weight is 268 g/mol. The van der Waals surface area contributed by atoms with Crippen LogP contribution in [0.3, 0.4) is 0 Å². The topological polar surface area (TPSA) is 101 Å². The Hall–Kier alpha value is -0.250. The third-order valence-corrected chi connectivity index (χ3v) is 4.20. The number of hydrogen-bond acceptors (Lipinski definition) is 6. The Balaban J connectivity index is 2.62. The molecule has 17 heavy (non-hydrogen) atoms. The lowest BCUT2D eigenvalue weighted by molar-refractivity contribution is 0.0526. The van der Waals surface area contributed by atoms with Gasteiger partial charge in [-0.25, -0.2) is 0 Å². The van der Waals surface area contributed by atoms with Crippen molar-refractivity contribution in [3.8, 4) is 0 Å². The molecule has 8 heteroatoms. The summed E-state index contributed by atoms with van der Waals surface area (Å²) in [6.07, 6.45) is -1.14. The van der Waals surface area contributed by atoms with E-state index < -0.39 is 21.6 Å². The molecule has 3 N–H and O–H groups in total. The van der Waals surface area contributed by atoms with Gasteiger partial charge in [-0.3, -0.25) is 14.4 Å². The van der Waals surface area contributed by atoms with Crippen LogP contribution in [-0.4, -0.2) is 83.8 Å². The minimum atomic E-state index is -4.29. The van der Waals surface area contributed by atoms with E-state index in [4.69, 9.17) is 9.66 Å². The Labute approximate surface area is 101 Å². The summed E-state index contributed by atoms with van der Waals surface area (Å²) in [6.45, 7) is 4.07. The normalized spacial score (nSPS) is 23.5. The molecule has 0 aromatic rings. The standard InChI is InChI=1S/C9H20N2O5S/c1-8(13)9(17(14,15)16)11-4-2-10(3-5-11)6-7-12/h8-9,12-13H,2-7H2,1H3,(H,14,15,16)/t8-,9+/m0/s1. The second kappa shape index (κ2) is 6.07. The summed E-state index contributed by atoms with van der Waals surface area (Å²) in [5, 5.41) is 16.9. The smallest absolute Gasteiger partial charge is 0.283 e. The number of hydrogen-bond donors (Lipinski definition) is 3. The highest BCUT2D eigenvalue weighted by atomic mass is 32.2. The quantitative estimate of drug-likeness (QED) is 0.505. The molecule has 0 radical (unpaired) electrons. The number of nitrogens with zero attached hydrogens (tertiary/aromatic N) is 2. The van der Waals surface area contributed by atoms with Gasteiger partial charge < -0.3 is 10.2 Å². The van der Waals surface area contributed by atoms with Gasteiger partial charge in [0.25, 0.3) is 10.1 Å². The molecule has 0 bridgehead atoms. The van der Waals surface area contributed by atoms with Crippen molar-refractivity contribution in [2.45, 2.75) is 18.4 Å². The molecule has 0 aliphatic carbocycles. The maximum atomic E-state index is 11.2. The Morgan fingerprint density at radius 2 is 1.76 bits per heavy atom. The van der Waals surface area contributed by atoms with Crippen molar-refractivity contribution in [3.05, 3.63) is 0 Å². The molecule has 0 unspecified atom stereocenters.